The van der Waals surface area contributed by atoms with Gasteiger partial charge in [0, 0.05) is 18.0 Å². The number of alkyl halides is 12. The Hall–Kier alpha value is -6.28. The van der Waals surface area contributed by atoms with E-state index in [2.05, 4.69) is 15.0 Å². The van der Waals surface area contributed by atoms with E-state index in [-0.39, 0.29) is 18.7 Å². The topological polar surface area (TPSA) is 267 Å². The normalized spacial score (nSPS) is 21.0. The number of amides is 5. The summed E-state index contributed by atoms with van der Waals surface area (Å²) in [6.07, 6.45) is -27.7. The summed E-state index contributed by atoms with van der Waals surface area (Å²) in [5, 5.41) is 14.4. The van der Waals surface area contributed by atoms with Crippen LogP contribution in [0.5, 0.6) is 11.6 Å². The molecule has 20 nitrogen and oxygen atoms in total. The van der Waals surface area contributed by atoms with Crippen molar-refractivity contribution in [2.24, 2.45) is 17.8 Å². The minimum Gasteiger partial charge on any atom is -0.497 e. The SMILES string of the molecule is CC(C)(C)OC(=O)N[C@H](C(=O)O)C(C(F)(F)F)C(F)(F)F.CC[C@@H]1C[C@]1(NC(=O)[C@@H]1C[C@@H](Oc2nccc3cc(OC)ccc23)CN1C(=O)[C@@H](NC(=O)OC(C)(C)C)C(C(F)(F)F)C(F)(F)F)C(=O)NS(=O)(=O)OC1CC1. The quantitative estimate of drug-likeness (QED) is 0.109. The van der Waals surface area contributed by atoms with Crippen molar-refractivity contribution in [2.45, 2.75) is 152 Å². The van der Waals surface area contributed by atoms with Crippen molar-refractivity contribution in [1.29, 1.82) is 0 Å². The molecule has 6 atom stereocenters. The molecule has 0 unspecified atom stereocenters. The number of carboxylic acid groups (broad SMARTS) is 1. The molecule has 77 heavy (non-hydrogen) atoms. The Morgan fingerprint density at radius 1 is 0.779 bits per heavy atom. The van der Waals surface area contributed by atoms with E-state index in [4.69, 9.17) is 23.5 Å². The number of benzene rings is 1. The van der Waals surface area contributed by atoms with Gasteiger partial charge in [-0.05, 0) is 96.4 Å². The van der Waals surface area contributed by atoms with Crippen LogP contribution in [0.3, 0.4) is 0 Å². The first-order chi connectivity index (χ1) is 34.9. The maximum atomic E-state index is 14.2. The largest absolute Gasteiger partial charge is 0.497 e. The molecular formula is C44H54F12N6O14S. The molecule has 1 aromatic carbocycles. The number of carboxylic acids is 1. The van der Waals surface area contributed by atoms with Crippen LogP contribution in [0.25, 0.3) is 10.8 Å². The van der Waals surface area contributed by atoms with Crippen LogP contribution in [0.4, 0.5) is 62.3 Å². The lowest BCUT2D eigenvalue weighted by atomic mass is 9.96. The van der Waals surface area contributed by atoms with Gasteiger partial charge in [0.15, 0.2) is 11.8 Å². The lowest BCUT2D eigenvalue weighted by Gasteiger charge is -2.35. The van der Waals surface area contributed by atoms with E-state index in [1.807, 2.05) is 0 Å². The molecule has 2 heterocycles. The number of alkyl carbamates (subject to hydrolysis) is 2. The first-order valence-electron chi connectivity index (χ1n) is 22.9. The summed E-state index contributed by atoms with van der Waals surface area (Å²) in [7, 11) is -3.19. The molecule has 3 aliphatic rings. The maximum Gasteiger partial charge on any atom is 0.408 e. The van der Waals surface area contributed by atoms with Crippen molar-refractivity contribution < 1.29 is 118 Å². The summed E-state index contributed by atoms with van der Waals surface area (Å²) in [4.78, 5) is 80.8. The number of nitrogens with one attached hydrogen (secondary N) is 4. The second-order valence-corrected chi connectivity index (χ2v) is 21.1. The molecule has 3 fully saturated rings. The molecular weight excluding hydrogens is 1100 g/mol. The first kappa shape index (κ1) is 63.3. The van der Waals surface area contributed by atoms with Gasteiger partial charge < -0.3 is 44.9 Å². The van der Waals surface area contributed by atoms with Gasteiger partial charge in [-0.1, -0.05) is 13.3 Å². The van der Waals surface area contributed by atoms with Gasteiger partial charge >= 0.3 is 53.2 Å². The van der Waals surface area contributed by atoms with Crippen LogP contribution in [0.1, 0.15) is 80.6 Å². The third kappa shape index (κ3) is 17.4. The smallest absolute Gasteiger partial charge is 0.408 e. The number of methoxy groups -OCH3 is 1. The van der Waals surface area contributed by atoms with Crippen LogP contribution in [0, 0.1) is 17.8 Å². The van der Waals surface area contributed by atoms with Gasteiger partial charge in [-0.2, -0.15) is 61.1 Å². The van der Waals surface area contributed by atoms with E-state index < -0.39 is 149 Å². The average molecular weight is 1150 g/mol. The van der Waals surface area contributed by atoms with Crippen LogP contribution in [0.15, 0.2) is 30.5 Å². The van der Waals surface area contributed by atoms with Crippen molar-refractivity contribution in [3.63, 3.8) is 0 Å². The van der Waals surface area contributed by atoms with Crippen LogP contribution in [-0.4, -0.2) is 145 Å². The summed E-state index contributed by atoms with van der Waals surface area (Å²) in [5.74, 6) is -15.9. The minimum absolute atomic E-state index is 0.0690. The van der Waals surface area contributed by atoms with Crippen molar-refractivity contribution in [3.8, 4) is 11.6 Å². The molecule has 0 bridgehead atoms. The van der Waals surface area contributed by atoms with Gasteiger partial charge in [-0.15, -0.1) is 0 Å². The number of aliphatic carboxylic acids is 1. The molecule has 5 N–H and O–H groups in total. The molecule has 5 amide bonds. The molecule has 2 aromatic rings. The predicted octanol–water partition coefficient (Wildman–Crippen LogP) is 6.76. The number of nitrogens with zero attached hydrogens (tertiary/aromatic N) is 2. The Morgan fingerprint density at radius 2 is 1.29 bits per heavy atom. The van der Waals surface area contributed by atoms with E-state index in [0.29, 0.717) is 34.3 Å². The van der Waals surface area contributed by atoms with Crippen LogP contribution in [-0.2, 0) is 43.1 Å². The van der Waals surface area contributed by atoms with Crippen LogP contribution in [0.2, 0.25) is 0 Å². The molecule has 1 saturated heterocycles. The lowest BCUT2D eigenvalue weighted by molar-refractivity contribution is -0.291. The molecule has 0 radical (unpaired) electrons. The van der Waals surface area contributed by atoms with Gasteiger partial charge in [0.25, 0.3) is 5.91 Å². The second-order valence-electron chi connectivity index (χ2n) is 19.8. The molecule has 1 aliphatic heterocycles. The zero-order valence-electron chi connectivity index (χ0n) is 41.8. The summed E-state index contributed by atoms with van der Waals surface area (Å²) in [6.45, 7) is 8.58. The number of hydrogen-bond acceptors (Lipinski definition) is 14. The van der Waals surface area contributed by atoms with Crippen LogP contribution >= 0.6 is 0 Å². The summed E-state index contributed by atoms with van der Waals surface area (Å²) >= 11 is 0. The summed E-state index contributed by atoms with van der Waals surface area (Å²) in [6, 6.07) is -2.18. The zero-order chi connectivity index (χ0) is 58.8. The molecule has 1 aromatic heterocycles. The molecule has 2 saturated carbocycles. The summed E-state index contributed by atoms with van der Waals surface area (Å²) < 4.78 is 212. The summed E-state index contributed by atoms with van der Waals surface area (Å²) in [5.41, 5.74) is -4.54. The third-order valence-corrected chi connectivity index (χ3v) is 12.3. The monoisotopic (exact) mass is 1150 g/mol. The highest BCUT2D eigenvalue weighted by atomic mass is 32.2. The third-order valence-electron chi connectivity index (χ3n) is 11.4. The Kier molecular flexibility index (Phi) is 18.9. The van der Waals surface area contributed by atoms with Crippen molar-refractivity contribution in [2.75, 3.05) is 13.7 Å². The molecule has 2 aliphatic carbocycles. The zero-order valence-corrected chi connectivity index (χ0v) is 42.7. The fourth-order valence-electron chi connectivity index (χ4n) is 7.82. The average Bonchev–Trinajstić information content (AvgIpc) is 4.15. The van der Waals surface area contributed by atoms with Gasteiger partial charge in [0.05, 0.1) is 19.8 Å². The van der Waals surface area contributed by atoms with Crippen molar-refractivity contribution >= 4 is 57.0 Å². The standard InChI is InChI=1S/C34H41F6N5O10S.C10H13F6NO4/c1-6-18-15-32(18,29(48)44-56(50,51)55-19-7-8-19)43-26(46)23-14-21(53-27-22-10-9-20(52-5)13-17(22)11-12-41-27)16-45(23)28(47)24(42-30(49)54-31(2,3)4)25(33(35,36)37)34(38,39)40;1-8(2,3)21-7(20)17-4(6(18)19)5(9(11,12)13)10(14,15)16/h9-13,18-19,21,23-25H,6-8,14-16H2,1-5H3,(H,42,49)(H,43,46)(H,44,48);4-5H,1-3H3,(H,17,20)(H,18,19)/t18-,21-,23+,24+,32-;4-/m10/s1. The number of carbonyl (C=O) groups is 6. The predicted molar refractivity (Wildman–Crippen MR) is 238 cm³/mol. The molecule has 0 spiro atoms. The van der Waals surface area contributed by atoms with Crippen molar-refractivity contribution in [1.82, 2.24) is 30.6 Å². The fourth-order valence-corrected chi connectivity index (χ4v) is 8.83. The molecule has 33 heteroatoms. The van der Waals surface area contributed by atoms with Crippen LogP contribution < -0.4 is 30.1 Å². The lowest BCUT2D eigenvalue weighted by Crippen LogP contribution is -2.62. The van der Waals surface area contributed by atoms with E-state index in [0.717, 1.165) is 5.32 Å². The van der Waals surface area contributed by atoms with Crippen molar-refractivity contribution in [3.05, 3.63) is 30.5 Å². The van der Waals surface area contributed by atoms with E-state index >= 15 is 0 Å². The van der Waals surface area contributed by atoms with Gasteiger partial charge in [0.1, 0.15) is 46.7 Å². The Balaban J connectivity index is 0.000000514. The van der Waals surface area contributed by atoms with E-state index in [1.54, 1.807) is 35.9 Å². The number of pyridine rings is 1. The Labute approximate surface area is 430 Å². The van der Waals surface area contributed by atoms with Gasteiger partial charge in [0.2, 0.25) is 17.7 Å². The number of ether oxygens (including phenoxy) is 4. The number of likely N-dealkylation sites (tertiary alicyclic amines) is 1. The number of rotatable bonds is 16. The number of hydrogen-bond donors (Lipinski definition) is 5. The second kappa shape index (κ2) is 23.0. The number of aromatic nitrogens is 1. The first-order valence-corrected chi connectivity index (χ1v) is 24.3. The highest BCUT2D eigenvalue weighted by Gasteiger charge is 2.66. The van der Waals surface area contributed by atoms with E-state index in [1.165, 1.54) is 60.2 Å². The van der Waals surface area contributed by atoms with Gasteiger partial charge in [-0.3, -0.25) is 18.6 Å². The number of halogens is 12. The Bertz CT molecular complexity index is 2590. The highest BCUT2D eigenvalue weighted by Crippen LogP contribution is 2.48. The van der Waals surface area contributed by atoms with E-state index in [9.17, 15) is 89.9 Å². The number of fused-ring (bicyclic) bond motifs is 1. The highest BCUT2D eigenvalue weighted by molar-refractivity contribution is 7.85. The molecule has 434 valence electrons. The number of carbonyl (C=O) groups excluding carboxylic acids is 5. The maximum absolute atomic E-state index is 14.2. The van der Waals surface area contributed by atoms with Gasteiger partial charge in [-0.25, -0.2) is 24.1 Å². The molecule has 5 rings (SSSR count). The Morgan fingerprint density at radius 3 is 1.73 bits per heavy atom. The fraction of sp³-hybridized carbons (Fsp3) is 0.659. The minimum atomic E-state index is -6.15.